The fourth-order valence-electron chi connectivity index (χ4n) is 28.6. The number of hydrogen-bond donors (Lipinski definition) is 6. The van der Waals surface area contributed by atoms with Crippen molar-refractivity contribution in [3.05, 3.63) is 385 Å². The first-order chi connectivity index (χ1) is 70.2. The fourth-order valence-corrected chi connectivity index (χ4v) is 28.6. The van der Waals surface area contributed by atoms with E-state index in [2.05, 4.69) is 277 Å². The molecule has 6 aromatic heterocycles. The van der Waals surface area contributed by atoms with E-state index in [1.54, 1.807) is 30.3 Å². The number of allylic oxidation sites excluding steroid dienone is 12. The Kier molecular flexibility index (Phi) is 26.0. The van der Waals surface area contributed by atoms with Crippen molar-refractivity contribution in [1.82, 2.24) is 61.2 Å². The van der Waals surface area contributed by atoms with Crippen molar-refractivity contribution in [1.29, 1.82) is 15.8 Å². The van der Waals surface area contributed by atoms with Crippen LogP contribution in [-0.2, 0) is 99.8 Å². The lowest BCUT2D eigenvalue weighted by Gasteiger charge is -2.45. The highest BCUT2D eigenvalue weighted by atomic mass is 19.1. The second kappa shape index (κ2) is 37.7. The van der Waals surface area contributed by atoms with Gasteiger partial charge in [0.25, 0.3) is 0 Å². The molecule has 0 bridgehead atoms. The minimum atomic E-state index is -0.944. The van der Waals surface area contributed by atoms with Gasteiger partial charge in [-0.3, -0.25) is 59.4 Å². The van der Waals surface area contributed by atoms with E-state index in [1.165, 1.54) is 72.6 Å². The lowest BCUT2D eigenvalue weighted by molar-refractivity contribution is -0.119. The van der Waals surface area contributed by atoms with E-state index in [9.17, 15) is 48.9 Å². The zero-order chi connectivity index (χ0) is 105. The molecule has 0 radical (unpaired) electrons. The summed E-state index contributed by atoms with van der Waals surface area (Å²) in [5, 5.41) is 71.8. The Labute approximate surface area is 867 Å². The number of hydrogen-bond acceptors (Lipinski definition) is 15. The van der Waals surface area contributed by atoms with Crippen LogP contribution in [0.1, 0.15) is 338 Å². The van der Waals surface area contributed by atoms with Crippen molar-refractivity contribution in [2.24, 2.45) is 32.5 Å². The Morgan fingerprint density at radius 2 is 0.527 bits per heavy atom. The number of ketones is 6. The molecule has 24 rings (SSSR count). The summed E-state index contributed by atoms with van der Waals surface area (Å²) in [7, 11) is 0. The topological polar surface area (TPSA) is 346 Å². The normalized spacial score (nSPS) is 24.8. The SMILES string of the molecule is CC1(C)CC(=O)C2=C(Cc3[nH]nc(F)c3C2(C)c2cccc(C#N)c2)C1.CC1(C)CC(=O)C2=C(Cc3[nH]ncc3[C@@]2(C)c2cccc(C#N)c2)C1.CC1(C)CC(=O)C2=C(Cc3[nH]ncc3[C@]2(C)c2cccc(C#N)c2)C1.CC[C@@]1(c2ccccc2)C2=C(Cc3[nH]ncc31)CC(C)(C)CC2=O.CC[C@]1(c2ccccc2)C2=C(Cc3[nH]ncc31)CC(C)(C)CC2=O.Cc1cccc([C@@]2(C)C3=C(Cc4[nH]ncc42)CC(C)(C)CC3=O)c1. The molecular weight excluding hydrogens is 1840 g/mol. The van der Waals surface area contributed by atoms with Crippen LogP contribution in [0.4, 0.5) is 4.39 Å². The number of aromatic nitrogens is 12. The van der Waals surface area contributed by atoms with Crippen LogP contribution in [0.3, 0.4) is 0 Å². The van der Waals surface area contributed by atoms with Crippen LogP contribution in [0, 0.1) is 79.4 Å². The van der Waals surface area contributed by atoms with Gasteiger partial charge in [-0.2, -0.15) is 45.7 Å². The van der Waals surface area contributed by atoms with Gasteiger partial charge in [0.2, 0.25) is 5.95 Å². The first-order valence-electron chi connectivity index (χ1n) is 52.3. The first kappa shape index (κ1) is 102. The largest absolute Gasteiger partial charge is 0.294 e. The number of nitriles is 3. The van der Waals surface area contributed by atoms with Gasteiger partial charge < -0.3 is 0 Å². The molecule has 6 aromatic carbocycles. The van der Waals surface area contributed by atoms with Gasteiger partial charge in [0.05, 0.1) is 82.1 Å². The summed E-state index contributed by atoms with van der Waals surface area (Å²) in [5.41, 5.74) is 31.5. The predicted molar refractivity (Wildman–Crippen MR) is 569 cm³/mol. The Hall–Kier alpha value is -14.6. The number of nitrogens with zero attached hydrogens (tertiary/aromatic N) is 9. The average Bonchev–Trinajstić information content (AvgIpc) is 1.27. The third kappa shape index (κ3) is 17.6. The molecule has 12 aromatic rings. The van der Waals surface area contributed by atoms with E-state index in [0.29, 0.717) is 90.1 Å². The number of halogens is 1. The number of fused-ring (bicyclic) bond motifs is 6. The standard InChI is InChI=1S/C21H20FN3O.2C21H21N3O.3C21H24N2O/c1-20(2)9-13-8-15-18(19(22)25-24-15)21(3,17(13)16(26)10-20)14-6-4-5-12(7-14)11-23;2*1-20(2)9-14-8-17-16(12-23-24-17)21(3,19(14)18(25)10-20)15-6-4-5-13(7-15)11-22;1-13-6-5-7-15(8-13)21(4)16-12-22-23-17(16)9-14-10-20(2,3)11-18(24)19(14)21;2*1-4-21(15-8-6-5-7-9-15)16-13-22-23-17(16)10-14-11-20(2,3)12-18(24)19(14)21/h4-7H,8-10H2,1-3H3,(H,24,25);2*4-7,12H,8-10H2,1-3H3,(H,23,24);5-8,12H,9-11H2,1-4H3,(H,22,23);2*5-9,13H,4,10-12H2,1-3H3,(H,22,23)/t;5*21-/m.10110/s1. The molecule has 0 saturated heterocycles. The summed E-state index contributed by atoms with van der Waals surface area (Å²) in [4.78, 5) is 79.1. The fraction of sp³-hybridized carbons (Fsp3) is 0.405. The van der Waals surface area contributed by atoms with Gasteiger partial charge in [0.15, 0.2) is 34.7 Å². The molecule has 6 heterocycles. The monoisotopic (exact) mass is 1970 g/mol. The van der Waals surface area contributed by atoms with Gasteiger partial charge in [-0.05, 0) is 188 Å². The maximum Gasteiger partial charge on any atom is 0.237 e. The molecule has 756 valence electrons. The minimum absolute atomic E-state index is 0.0111. The van der Waals surface area contributed by atoms with Crippen LogP contribution in [0.25, 0.3) is 0 Å². The number of rotatable bonds is 8. The number of carbonyl (C=O) groups excluding carboxylic acids is 6. The van der Waals surface area contributed by atoms with Crippen molar-refractivity contribution in [2.75, 3.05) is 0 Å². The number of aromatic amines is 6. The molecule has 1 unspecified atom stereocenters. The molecule has 6 N–H and O–H groups in total. The van der Waals surface area contributed by atoms with Gasteiger partial charge in [-0.25, -0.2) is 0 Å². The van der Waals surface area contributed by atoms with E-state index in [-0.39, 0.29) is 60.7 Å². The molecule has 0 spiro atoms. The molecule has 0 aliphatic heterocycles. The van der Waals surface area contributed by atoms with Crippen molar-refractivity contribution >= 4 is 34.7 Å². The zero-order valence-electron chi connectivity index (χ0n) is 88.9. The summed E-state index contributed by atoms with van der Waals surface area (Å²) < 4.78 is 14.7. The molecule has 0 amide bonds. The maximum absolute atomic E-state index is 14.7. The third-order valence-electron chi connectivity index (χ3n) is 34.3. The first-order valence-corrected chi connectivity index (χ1v) is 52.3. The Morgan fingerprint density at radius 1 is 0.284 bits per heavy atom. The van der Waals surface area contributed by atoms with Gasteiger partial charge in [0.1, 0.15) is 0 Å². The highest BCUT2D eigenvalue weighted by molar-refractivity contribution is 6.06. The van der Waals surface area contributed by atoms with Crippen LogP contribution in [0.15, 0.2) is 256 Å². The predicted octanol–water partition coefficient (Wildman–Crippen LogP) is 24.6. The van der Waals surface area contributed by atoms with E-state index in [0.717, 1.165) is 173 Å². The van der Waals surface area contributed by atoms with E-state index in [1.807, 2.05) is 92.5 Å². The second-order valence-electron chi connectivity index (χ2n) is 49.0. The number of nitrogens with one attached hydrogen (secondary N) is 6. The van der Waals surface area contributed by atoms with Crippen LogP contribution in [-0.4, -0.2) is 95.9 Å². The maximum atomic E-state index is 14.7. The molecule has 6 atom stereocenters. The molecular formula is C126H134FN15O6. The van der Waals surface area contributed by atoms with Crippen LogP contribution in [0.5, 0.6) is 0 Å². The van der Waals surface area contributed by atoms with Crippen molar-refractivity contribution in [3.8, 4) is 18.2 Å². The molecule has 0 saturated carbocycles. The van der Waals surface area contributed by atoms with Crippen LogP contribution < -0.4 is 0 Å². The number of aryl methyl sites for hydroxylation is 1. The molecule has 0 fully saturated rings. The summed E-state index contributed by atoms with van der Waals surface area (Å²) in [5.74, 6) is 0.877. The zero-order valence-corrected chi connectivity index (χ0v) is 88.9. The van der Waals surface area contributed by atoms with Crippen molar-refractivity contribution < 1.29 is 33.2 Å². The van der Waals surface area contributed by atoms with E-state index in [4.69, 9.17) is 0 Å². The highest BCUT2D eigenvalue weighted by Gasteiger charge is 2.57. The number of benzene rings is 6. The molecule has 12 aliphatic rings. The lowest BCUT2D eigenvalue weighted by Crippen LogP contribution is -2.42. The summed E-state index contributed by atoms with van der Waals surface area (Å²) in [6, 6.07) is 58.4. The second-order valence-corrected chi connectivity index (χ2v) is 49.0. The van der Waals surface area contributed by atoms with E-state index >= 15 is 0 Å². The molecule has 148 heavy (non-hydrogen) atoms. The van der Waals surface area contributed by atoms with Gasteiger partial charge in [-0.1, -0.05) is 257 Å². The van der Waals surface area contributed by atoms with Crippen molar-refractivity contribution in [2.45, 2.75) is 292 Å². The number of Topliss-reactive ketones (excluding diaryl/α,β-unsaturated/α-hetero) is 6. The smallest absolute Gasteiger partial charge is 0.237 e. The Bertz CT molecular complexity index is 7500. The summed E-state index contributed by atoms with van der Waals surface area (Å²) in [6.45, 7) is 40.8. The van der Waals surface area contributed by atoms with Gasteiger partial charge in [-0.15, -0.1) is 5.10 Å². The van der Waals surface area contributed by atoms with Gasteiger partial charge in [0, 0.05) is 194 Å². The van der Waals surface area contributed by atoms with Crippen LogP contribution >= 0.6 is 0 Å². The quantitative estimate of drug-likeness (QED) is 0.0823. The summed E-state index contributed by atoms with van der Waals surface area (Å²) >= 11 is 0. The van der Waals surface area contributed by atoms with Crippen molar-refractivity contribution in [3.63, 3.8) is 0 Å². The Morgan fingerprint density at radius 3 is 0.818 bits per heavy atom. The minimum Gasteiger partial charge on any atom is -0.294 e. The summed E-state index contributed by atoms with van der Waals surface area (Å²) in [6.07, 6.45) is 24.7. The number of H-pyrrole nitrogens is 6. The third-order valence-corrected chi connectivity index (χ3v) is 34.3. The average molecular weight is 1970 g/mol. The molecule has 21 nitrogen and oxygen atoms in total. The highest BCUT2D eigenvalue weighted by Crippen LogP contribution is 2.61. The van der Waals surface area contributed by atoms with E-state index < -0.39 is 27.6 Å². The lowest BCUT2D eigenvalue weighted by atomic mass is 9.57. The Balaban J connectivity index is 0.000000112. The molecule has 22 heteroatoms. The number of carbonyl (C=O) groups is 6. The van der Waals surface area contributed by atoms with Crippen LogP contribution in [0.2, 0.25) is 0 Å². The molecule has 12 aliphatic carbocycles. The van der Waals surface area contributed by atoms with Gasteiger partial charge >= 0.3 is 0 Å².